The van der Waals surface area contributed by atoms with E-state index < -0.39 is 0 Å². The molecule has 0 saturated carbocycles. The van der Waals surface area contributed by atoms with E-state index in [9.17, 15) is 0 Å². The highest BCUT2D eigenvalue weighted by Crippen LogP contribution is 2.03. The molecule has 0 atom stereocenters. The summed E-state index contributed by atoms with van der Waals surface area (Å²) in [5.74, 6) is 1.07. The van der Waals surface area contributed by atoms with Gasteiger partial charge in [-0.15, -0.1) is 6.58 Å². The molecule has 0 amide bonds. The molecule has 0 unspecified atom stereocenters. The van der Waals surface area contributed by atoms with E-state index in [0.717, 1.165) is 25.0 Å². The van der Waals surface area contributed by atoms with Gasteiger partial charge in [0.2, 0.25) is 0 Å². The molecule has 0 saturated heterocycles. The number of allylic oxidation sites excluding steroid dienone is 3. The Bertz CT molecular complexity index is 108. The highest BCUT2D eigenvalue weighted by molar-refractivity contribution is 4.92. The molecular formula is C9H16O. The van der Waals surface area contributed by atoms with Crippen LogP contribution in [-0.2, 0) is 4.74 Å². The normalized spacial score (nSPS) is 11.2. The Morgan fingerprint density at radius 2 is 2.20 bits per heavy atom. The van der Waals surface area contributed by atoms with Crippen LogP contribution in [0.2, 0.25) is 0 Å². The average molecular weight is 140 g/mol. The Hall–Kier alpha value is -0.720. The van der Waals surface area contributed by atoms with Crippen molar-refractivity contribution in [3.63, 3.8) is 0 Å². The van der Waals surface area contributed by atoms with Gasteiger partial charge in [0.15, 0.2) is 0 Å². The minimum Gasteiger partial charge on any atom is -0.501 e. The largest absolute Gasteiger partial charge is 0.501 e. The fraction of sp³-hybridized carbons (Fsp3) is 0.556. The van der Waals surface area contributed by atoms with Crippen LogP contribution in [0.1, 0.15) is 26.2 Å². The standard InChI is InChI=1S/C9H16O/c1-4-6-7-8-9(5-2)10-3/h4,8H,1,5-7H2,2-3H3/b9-8+. The lowest BCUT2D eigenvalue weighted by molar-refractivity contribution is 0.279. The number of ether oxygens (including phenoxy) is 1. The van der Waals surface area contributed by atoms with E-state index in [-0.39, 0.29) is 0 Å². The van der Waals surface area contributed by atoms with Gasteiger partial charge < -0.3 is 4.74 Å². The van der Waals surface area contributed by atoms with Crippen LogP contribution >= 0.6 is 0 Å². The Kier molecular flexibility index (Phi) is 5.94. The van der Waals surface area contributed by atoms with Crippen molar-refractivity contribution in [3.05, 3.63) is 24.5 Å². The Morgan fingerprint density at radius 1 is 1.50 bits per heavy atom. The van der Waals surface area contributed by atoms with Crippen LogP contribution < -0.4 is 0 Å². The SMILES string of the molecule is C=CCC/C=C(\CC)OC. The molecule has 0 aromatic rings. The maximum absolute atomic E-state index is 5.07. The predicted molar refractivity (Wildman–Crippen MR) is 44.8 cm³/mol. The maximum Gasteiger partial charge on any atom is 0.0913 e. The van der Waals surface area contributed by atoms with Gasteiger partial charge in [-0.1, -0.05) is 13.0 Å². The van der Waals surface area contributed by atoms with Gasteiger partial charge in [0, 0.05) is 6.42 Å². The molecule has 0 radical (unpaired) electrons. The highest BCUT2D eigenvalue weighted by Gasteiger charge is 1.87. The smallest absolute Gasteiger partial charge is 0.0913 e. The highest BCUT2D eigenvalue weighted by atomic mass is 16.5. The molecule has 1 heteroatoms. The Balaban J connectivity index is 3.52. The van der Waals surface area contributed by atoms with Gasteiger partial charge in [-0.3, -0.25) is 0 Å². The first-order valence-electron chi connectivity index (χ1n) is 3.69. The molecule has 0 fully saturated rings. The summed E-state index contributed by atoms with van der Waals surface area (Å²) >= 11 is 0. The van der Waals surface area contributed by atoms with Crippen LogP contribution in [0.5, 0.6) is 0 Å². The molecule has 0 aliphatic carbocycles. The van der Waals surface area contributed by atoms with Gasteiger partial charge in [-0.25, -0.2) is 0 Å². The van der Waals surface area contributed by atoms with Gasteiger partial charge in [-0.2, -0.15) is 0 Å². The Morgan fingerprint density at radius 3 is 2.60 bits per heavy atom. The van der Waals surface area contributed by atoms with E-state index in [1.54, 1.807) is 7.11 Å². The number of methoxy groups -OCH3 is 1. The first-order valence-corrected chi connectivity index (χ1v) is 3.69. The van der Waals surface area contributed by atoms with Crippen LogP contribution in [-0.4, -0.2) is 7.11 Å². The molecular weight excluding hydrogens is 124 g/mol. The lowest BCUT2D eigenvalue weighted by Gasteiger charge is -2.00. The second-order valence-corrected chi connectivity index (χ2v) is 2.09. The third kappa shape index (κ3) is 4.19. The van der Waals surface area contributed by atoms with Crippen LogP contribution in [0.25, 0.3) is 0 Å². The summed E-state index contributed by atoms with van der Waals surface area (Å²) in [7, 11) is 1.71. The third-order valence-corrected chi connectivity index (χ3v) is 1.35. The van der Waals surface area contributed by atoms with Crippen LogP contribution in [0.3, 0.4) is 0 Å². The van der Waals surface area contributed by atoms with E-state index in [1.807, 2.05) is 6.08 Å². The zero-order chi connectivity index (χ0) is 7.82. The molecule has 0 aliphatic rings. The van der Waals surface area contributed by atoms with Gasteiger partial charge in [0.25, 0.3) is 0 Å². The minimum atomic E-state index is 0.980. The summed E-state index contributed by atoms with van der Waals surface area (Å²) in [6.07, 6.45) is 7.09. The number of rotatable bonds is 5. The van der Waals surface area contributed by atoms with E-state index in [4.69, 9.17) is 4.74 Å². The molecule has 0 aliphatic heterocycles. The fourth-order valence-electron chi connectivity index (χ4n) is 0.734. The van der Waals surface area contributed by atoms with Gasteiger partial charge in [0.1, 0.15) is 0 Å². The monoisotopic (exact) mass is 140 g/mol. The van der Waals surface area contributed by atoms with Crippen molar-refractivity contribution in [3.8, 4) is 0 Å². The zero-order valence-electron chi connectivity index (χ0n) is 6.89. The van der Waals surface area contributed by atoms with E-state index in [1.165, 1.54) is 0 Å². The summed E-state index contributed by atoms with van der Waals surface area (Å²) in [5.41, 5.74) is 0. The molecule has 0 aromatic heterocycles. The van der Waals surface area contributed by atoms with Gasteiger partial charge in [0.05, 0.1) is 12.9 Å². The summed E-state index contributed by atoms with van der Waals surface area (Å²) in [6.45, 7) is 5.73. The lowest BCUT2D eigenvalue weighted by Crippen LogP contribution is -1.83. The number of hydrogen-bond donors (Lipinski definition) is 0. The quantitative estimate of drug-likeness (QED) is 0.324. The predicted octanol–water partition coefficient (Wildman–Crippen LogP) is 2.89. The molecule has 0 N–H and O–H groups in total. The topological polar surface area (TPSA) is 9.23 Å². The number of hydrogen-bond acceptors (Lipinski definition) is 1. The van der Waals surface area contributed by atoms with Crippen molar-refractivity contribution in [2.75, 3.05) is 7.11 Å². The van der Waals surface area contributed by atoms with Gasteiger partial charge in [-0.05, 0) is 18.9 Å². The summed E-state index contributed by atoms with van der Waals surface area (Å²) < 4.78 is 5.07. The van der Waals surface area contributed by atoms with Crippen molar-refractivity contribution in [1.29, 1.82) is 0 Å². The molecule has 0 bridgehead atoms. The first-order chi connectivity index (χ1) is 4.85. The second-order valence-electron chi connectivity index (χ2n) is 2.09. The molecule has 10 heavy (non-hydrogen) atoms. The molecule has 58 valence electrons. The zero-order valence-corrected chi connectivity index (χ0v) is 6.89. The van der Waals surface area contributed by atoms with E-state index in [2.05, 4.69) is 19.6 Å². The maximum atomic E-state index is 5.07. The van der Waals surface area contributed by atoms with Gasteiger partial charge >= 0.3 is 0 Å². The molecule has 0 spiro atoms. The molecule has 1 nitrogen and oxygen atoms in total. The first kappa shape index (κ1) is 9.28. The Labute approximate surface area is 63.4 Å². The summed E-state index contributed by atoms with van der Waals surface area (Å²) in [5, 5.41) is 0. The second kappa shape index (κ2) is 6.40. The summed E-state index contributed by atoms with van der Waals surface area (Å²) in [6, 6.07) is 0. The molecule has 0 rings (SSSR count). The lowest BCUT2D eigenvalue weighted by atomic mass is 10.2. The third-order valence-electron chi connectivity index (χ3n) is 1.35. The minimum absolute atomic E-state index is 0.980. The van der Waals surface area contributed by atoms with Crippen molar-refractivity contribution >= 4 is 0 Å². The fourth-order valence-corrected chi connectivity index (χ4v) is 0.734. The number of unbranched alkanes of at least 4 members (excludes halogenated alkanes) is 1. The average Bonchev–Trinajstić information content (AvgIpc) is 1.99. The van der Waals surface area contributed by atoms with Crippen LogP contribution in [0.15, 0.2) is 24.5 Å². The van der Waals surface area contributed by atoms with Crippen molar-refractivity contribution in [2.24, 2.45) is 0 Å². The van der Waals surface area contributed by atoms with Crippen LogP contribution in [0.4, 0.5) is 0 Å². The van der Waals surface area contributed by atoms with Crippen LogP contribution in [0, 0.1) is 0 Å². The van der Waals surface area contributed by atoms with Crippen molar-refractivity contribution in [2.45, 2.75) is 26.2 Å². The van der Waals surface area contributed by atoms with Crippen molar-refractivity contribution in [1.82, 2.24) is 0 Å². The van der Waals surface area contributed by atoms with Crippen molar-refractivity contribution < 1.29 is 4.74 Å². The van der Waals surface area contributed by atoms with E-state index in [0.29, 0.717) is 0 Å². The molecule has 0 aromatic carbocycles. The molecule has 0 heterocycles. The summed E-state index contributed by atoms with van der Waals surface area (Å²) in [4.78, 5) is 0. The van der Waals surface area contributed by atoms with E-state index >= 15 is 0 Å².